The van der Waals surface area contributed by atoms with Crippen molar-refractivity contribution in [1.29, 1.82) is 0 Å². The van der Waals surface area contributed by atoms with Crippen LogP contribution >= 0.6 is 0 Å². The number of benzene rings is 9. The Morgan fingerprint density at radius 1 is 0.344 bits per heavy atom. The summed E-state index contributed by atoms with van der Waals surface area (Å²) in [5.74, 6) is 1.89. The molecule has 0 amide bonds. The van der Waals surface area contributed by atoms with Crippen LogP contribution in [-0.4, -0.2) is 15.0 Å². The van der Waals surface area contributed by atoms with Gasteiger partial charge in [0.25, 0.3) is 0 Å². The van der Waals surface area contributed by atoms with E-state index in [-0.39, 0.29) is 0 Å². The van der Waals surface area contributed by atoms with Crippen LogP contribution in [-0.2, 0) is 5.41 Å². The molecule has 1 aliphatic heterocycles. The van der Waals surface area contributed by atoms with Gasteiger partial charge in [0.2, 0.25) is 0 Å². The Bertz CT molecular complexity index is 3330. The summed E-state index contributed by atoms with van der Waals surface area (Å²) in [5.41, 5.74) is 11.7. The highest BCUT2D eigenvalue weighted by Crippen LogP contribution is 2.59. The monoisotopic (exact) mass is 780 g/mol. The van der Waals surface area contributed by atoms with E-state index < -0.39 is 5.41 Å². The van der Waals surface area contributed by atoms with Crippen molar-refractivity contribution < 1.29 is 4.42 Å². The van der Waals surface area contributed by atoms with Gasteiger partial charge in [-0.1, -0.05) is 188 Å². The van der Waals surface area contributed by atoms with Gasteiger partial charge < -0.3 is 9.32 Å². The van der Waals surface area contributed by atoms with Crippen molar-refractivity contribution in [1.82, 2.24) is 15.0 Å². The molecule has 5 nitrogen and oxygen atoms in total. The molecule has 0 saturated carbocycles. The molecule has 0 bridgehead atoms. The molecule has 0 aliphatic carbocycles. The quantitative estimate of drug-likeness (QED) is 0.168. The summed E-state index contributed by atoms with van der Waals surface area (Å²) in [6.07, 6.45) is 0. The van der Waals surface area contributed by atoms with Crippen LogP contribution in [0.15, 0.2) is 223 Å². The van der Waals surface area contributed by atoms with E-state index in [4.69, 9.17) is 19.4 Å². The molecule has 12 rings (SSSR count). The second kappa shape index (κ2) is 14.0. The number of hydrogen-bond acceptors (Lipinski definition) is 5. The maximum absolute atomic E-state index is 6.88. The van der Waals surface area contributed by atoms with Crippen molar-refractivity contribution >= 4 is 49.8 Å². The Balaban J connectivity index is 1.11. The summed E-state index contributed by atoms with van der Waals surface area (Å²) in [7, 11) is 0. The fraction of sp³-hybridized carbons (Fsp3) is 0.0179. The van der Waals surface area contributed by atoms with Crippen LogP contribution in [0.1, 0.15) is 22.3 Å². The summed E-state index contributed by atoms with van der Waals surface area (Å²) in [6, 6.07) is 76.9. The van der Waals surface area contributed by atoms with Crippen LogP contribution < -0.4 is 4.90 Å². The highest BCUT2D eigenvalue weighted by atomic mass is 16.3. The van der Waals surface area contributed by atoms with Crippen LogP contribution in [0.3, 0.4) is 0 Å². The van der Waals surface area contributed by atoms with E-state index in [1.807, 2.05) is 66.7 Å². The van der Waals surface area contributed by atoms with Crippen LogP contribution in [0.4, 0.5) is 17.1 Å². The number of hydrogen-bond donors (Lipinski definition) is 0. The van der Waals surface area contributed by atoms with E-state index in [9.17, 15) is 0 Å². The Morgan fingerprint density at radius 3 is 1.49 bits per heavy atom. The lowest BCUT2D eigenvalue weighted by molar-refractivity contribution is 0.643. The third-order valence-corrected chi connectivity index (χ3v) is 12.2. The molecule has 11 aromatic rings. The van der Waals surface area contributed by atoms with E-state index in [0.717, 1.165) is 72.0 Å². The van der Waals surface area contributed by atoms with Gasteiger partial charge in [-0.15, -0.1) is 0 Å². The largest absolute Gasteiger partial charge is 0.456 e. The molecule has 0 N–H and O–H groups in total. The minimum absolute atomic E-state index is 0.622. The predicted octanol–water partition coefficient (Wildman–Crippen LogP) is 14.1. The number of aromatic nitrogens is 3. The van der Waals surface area contributed by atoms with Gasteiger partial charge in [0.05, 0.1) is 22.5 Å². The molecule has 5 heteroatoms. The topological polar surface area (TPSA) is 55.1 Å². The average molecular weight is 781 g/mol. The molecular formula is C56H36N4O. The first-order valence-electron chi connectivity index (χ1n) is 20.6. The fourth-order valence-corrected chi connectivity index (χ4v) is 9.60. The van der Waals surface area contributed by atoms with Gasteiger partial charge in [-0.25, -0.2) is 15.0 Å². The Hall–Kier alpha value is -8.15. The Kier molecular flexibility index (Phi) is 8.00. The number of fused-ring (bicyclic) bond motifs is 6. The number of nitrogens with zero attached hydrogens (tertiary/aromatic N) is 4. The molecule has 286 valence electrons. The van der Waals surface area contributed by atoms with Gasteiger partial charge in [-0.3, -0.25) is 0 Å². The molecule has 0 fully saturated rings. The summed E-state index contributed by atoms with van der Waals surface area (Å²) < 4.78 is 6.88. The molecule has 1 aliphatic rings. The lowest BCUT2D eigenvalue weighted by Crippen LogP contribution is -2.37. The van der Waals surface area contributed by atoms with E-state index in [2.05, 4.69) is 157 Å². The fourth-order valence-electron chi connectivity index (χ4n) is 9.60. The van der Waals surface area contributed by atoms with Crippen LogP contribution in [0, 0.1) is 0 Å². The Morgan fingerprint density at radius 2 is 0.836 bits per heavy atom. The van der Waals surface area contributed by atoms with Crippen molar-refractivity contribution in [3.05, 3.63) is 241 Å². The molecule has 0 radical (unpaired) electrons. The zero-order chi connectivity index (χ0) is 40.3. The third-order valence-electron chi connectivity index (χ3n) is 12.2. The van der Waals surface area contributed by atoms with Gasteiger partial charge in [0, 0.05) is 38.4 Å². The molecule has 9 aromatic carbocycles. The van der Waals surface area contributed by atoms with Crippen LogP contribution in [0.2, 0.25) is 0 Å². The van der Waals surface area contributed by atoms with Crippen molar-refractivity contribution in [3.8, 4) is 34.2 Å². The summed E-state index contributed by atoms with van der Waals surface area (Å²) >= 11 is 0. The number of anilines is 3. The lowest BCUT2D eigenvalue weighted by atomic mass is 9.62. The number of para-hydroxylation sites is 4. The van der Waals surface area contributed by atoms with Crippen LogP contribution in [0.25, 0.3) is 66.9 Å². The van der Waals surface area contributed by atoms with Crippen molar-refractivity contribution in [3.63, 3.8) is 0 Å². The molecule has 0 saturated heterocycles. The van der Waals surface area contributed by atoms with E-state index in [1.54, 1.807) is 0 Å². The highest BCUT2D eigenvalue weighted by molar-refractivity contribution is 6.09. The number of rotatable bonds is 6. The molecule has 61 heavy (non-hydrogen) atoms. The van der Waals surface area contributed by atoms with E-state index in [1.165, 1.54) is 16.7 Å². The molecule has 2 aromatic heterocycles. The maximum Gasteiger partial charge on any atom is 0.164 e. The molecule has 3 heterocycles. The number of furan rings is 1. The average Bonchev–Trinajstić information content (AvgIpc) is 3.73. The van der Waals surface area contributed by atoms with Gasteiger partial charge in [0.15, 0.2) is 17.5 Å². The molecule has 0 spiro atoms. The SMILES string of the molecule is c1ccc(-c2nc(-c3ccccc3)nc(-c3ccc(N4c5ccccc5C(c5ccccc5)(c5cccc6c5oc5ccccc56)c5ccccc54)c4ccccc34)n2)cc1. The van der Waals surface area contributed by atoms with Gasteiger partial charge in [0.1, 0.15) is 11.2 Å². The van der Waals surface area contributed by atoms with Crippen LogP contribution in [0.5, 0.6) is 0 Å². The first-order valence-corrected chi connectivity index (χ1v) is 20.6. The third kappa shape index (κ3) is 5.37. The predicted molar refractivity (Wildman–Crippen MR) is 247 cm³/mol. The summed E-state index contributed by atoms with van der Waals surface area (Å²) in [4.78, 5) is 17.7. The van der Waals surface area contributed by atoms with E-state index >= 15 is 0 Å². The highest BCUT2D eigenvalue weighted by Gasteiger charge is 2.48. The van der Waals surface area contributed by atoms with Crippen molar-refractivity contribution in [2.75, 3.05) is 4.90 Å². The molecule has 0 atom stereocenters. The summed E-state index contributed by atoms with van der Waals surface area (Å²) in [5, 5.41) is 4.34. The first kappa shape index (κ1) is 34.9. The summed E-state index contributed by atoms with van der Waals surface area (Å²) in [6.45, 7) is 0. The van der Waals surface area contributed by atoms with Gasteiger partial charge in [-0.05, 0) is 52.4 Å². The zero-order valence-corrected chi connectivity index (χ0v) is 33.0. The van der Waals surface area contributed by atoms with Crippen molar-refractivity contribution in [2.24, 2.45) is 0 Å². The Labute approximate surface area is 352 Å². The standard InChI is InChI=1S/C56H36N4O/c1-4-19-37(20-5-1)53-57-54(38-21-6-2-7-22-38)59-55(58-53)44-35-36-48(41-26-11-10-25-40(41)44)60-49-32-15-13-29-45(49)56(39-23-8-3-9-24-39,46-30-14-16-33-50(46)60)47-31-18-28-43-42-27-12-17-34-51(42)61-52(43)47/h1-36H. The normalized spacial score (nSPS) is 13.0. The first-order chi connectivity index (χ1) is 30.3. The molecular weight excluding hydrogens is 745 g/mol. The molecule has 0 unspecified atom stereocenters. The second-order valence-electron chi connectivity index (χ2n) is 15.5. The van der Waals surface area contributed by atoms with Crippen molar-refractivity contribution in [2.45, 2.75) is 5.41 Å². The minimum atomic E-state index is -0.722. The zero-order valence-electron chi connectivity index (χ0n) is 33.0. The lowest BCUT2D eigenvalue weighted by Gasteiger charge is -2.46. The smallest absolute Gasteiger partial charge is 0.164 e. The maximum atomic E-state index is 6.88. The van der Waals surface area contributed by atoms with Gasteiger partial charge in [-0.2, -0.15) is 0 Å². The minimum Gasteiger partial charge on any atom is -0.456 e. The second-order valence-corrected chi connectivity index (χ2v) is 15.5. The van der Waals surface area contributed by atoms with Gasteiger partial charge >= 0.3 is 0 Å². The van der Waals surface area contributed by atoms with E-state index in [0.29, 0.717) is 17.5 Å².